The number of anilines is 1. The van der Waals surface area contributed by atoms with Crippen LogP contribution in [0.2, 0.25) is 0 Å². The number of rotatable bonds is 8. The second kappa shape index (κ2) is 9.89. The highest BCUT2D eigenvalue weighted by atomic mass is 35.5. The van der Waals surface area contributed by atoms with Gasteiger partial charge in [-0.15, -0.1) is 12.4 Å². The number of nitro groups is 1. The summed E-state index contributed by atoms with van der Waals surface area (Å²) in [6, 6.07) is 12.6. The summed E-state index contributed by atoms with van der Waals surface area (Å²) in [5.74, 6) is 0.0223. The molecular formula is C19H23ClN4O3. The first-order chi connectivity index (χ1) is 12.6. The second-order valence-corrected chi connectivity index (χ2v) is 6.32. The normalized spacial score (nSPS) is 12.0. The van der Waals surface area contributed by atoms with E-state index in [0.29, 0.717) is 25.9 Å². The summed E-state index contributed by atoms with van der Waals surface area (Å²) >= 11 is 0. The monoisotopic (exact) mass is 390 g/mol. The van der Waals surface area contributed by atoms with Gasteiger partial charge in [0.2, 0.25) is 5.91 Å². The fraction of sp³-hybridized carbons (Fsp3) is 0.316. The van der Waals surface area contributed by atoms with Gasteiger partial charge in [-0.1, -0.05) is 18.2 Å². The van der Waals surface area contributed by atoms with Gasteiger partial charge in [0.25, 0.3) is 5.69 Å². The van der Waals surface area contributed by atoms with Gasteiger partial charge in [-0.25, -0.2) is 0 Å². The van der Waals surface area contributed by atoms with Crippen molar-refractivity contribution < 1.29 is 9.72 Å². The van der Waals surface area contributed by atoms with Crippen molar-refractivity contribution in [2.45, 2.75) is 32.5 Å². The lowest BCUT2D eigenvalue weighted by Gasteiger charge is -2.08. The Balaban J connectivity index is 0.00000261. The van der Waals surface area contributed by atoms with Crippen molar-refractivity contribution in [1.82, 2.24) is 10.6 Å². The molecule has 3 rings (SSSR count). The Bertz CT molecular complexity index is 796. The molecule has 1 aliphatic heterocycles. The Kier molecular flexibility index (Phi) is 7.57. The molecule has 0 saturated carbocycles. The van der Waals surface area contributed by atoms with Crippen LogP contribution in [0.5, 0.6) is 0 Å². The Morgan fingerprint density at radius 1 is 1.11 bits per heavy atom. The molecule has 2 aromatic rings. The molecule has 1 aliphatic rings. The Morgan fingerprint density at radius 3 is 2.59 bits per heavy atom. The number of nitrogens with one attached hydrogen (secondary N) is 3. The molecule has 0 aliphatic carbocycles. The van der Waals surface area contributed by atoms with E-state index >= 15 is 0 Å². The van der Waals surface area contributed by atoms with E-state index in [0.717, 1.165) is 24.3 Å². The summed E-state index contributed by atoms with van der Waals surface area (Å²) in [6.07, 6.45) is 1.13. The van der Waals surface area contributed by atoms with Gasteiger partial charge in [-0.2, -0.15) is 0 Å². The molecule has 1 heterocycles. The summed E-state index contributed by atoms with van der Waals surface area (Å²) in [6.45, 7) is 2.99. The molecule has 0 bridgehead atoms. The van der Waals surface area contributed by atoms with Gasteiger partial charge in [-0.3, -0.25) is 14.9 Å². The number of non-ortho nitro benzene ring substituents is 1. The average Bonchev–Trinajstić information content (AvgIpc) is 3.11. The van der Waals surface area contributed by atoms with Crippen molar-refractivity contribution >= 4 is 29.7 Å². The highest BCUT2D eigenvalue weighted by Crippen LogP contribution is 2.17. The maximum atomic E-state index is 12.0. The first kappa shape index (κ1) is 20.7. The average molecular weight is 391 g/mol. The van der Waals surface area contributed by atoms with Crippen LogP contribution in [0.4, 0.5) is 11.4 Å². The van der Waals surface area contributed by atoms with Crippen LogP contribution in [0.1, 0.15) is 29.5 Å². The molecule has 0 fully saturated rings. The van der Waals surface area contributed by atoms with Crippen LogP contribution in [0.25, 0.3) is 0 Å². The van der Waals surface area contributed by atoms with Crippen molar-refractivity contribution in [3.8, 4) is 0 Å². The number of benzene rings is 2. The minimum atomic E-state index is -0.425. The Morgan fingerprint density at radius 2 is 1.85 bits per heavy atom. The zero-order valence-electron chi connectivity index (χ0n) is 14.9. The quantitative estimate of drug-likeness (QED) is 0.365. The number of fused-ring (bicyclic) bond motifs is 1. The van der Waals surface area contributed by atoms with Gasteiger partial charge in [0.1, 0.15) is 0 Å². The SMILES string of the molecule is Cl.O=C(CCCNc1ccc([N+](=O)[O-])cc1)NCc1ccc2c(c1)CNC2. The van der Waals surface area contributed by atoms with Gasteiger partial charge >= 0.3 is 0 Å². The third kappa shape index (κ3) is 5.94. The Hall–Kier alpha value is -2.64. The third-order valence-electron chi connectivity index (χ3n) is 4.38. The predicted octanol–water partition coefficient (Wildman–Crippen LogP) is 3.13. The van der Waals surface area contributed by atoms with Gasteiger partial charge in [0, 0.05) is 50.4 Å². The number of amides is 1. The van der Waals surface area contributed by atoms with E-state index < -0.39 is 4.92 Å². The van der Waals surface area contributed by atoms with Crippen LogP contribution in [0.15, 0.2) is 42.5 Å². The fourth-order valence-electron chi connectivity index (χ4n) is 2.93. The molecule has 8 heteroatoms. The molecule has 0 aromatic heterocycles. The lowest BCUT2D eigenvalue weighted by molar-refractivity contribution is -0.384. The molecule has 0 saturated heterocycles. The minimum absolute atomic E-state index is 0. The van der Waals surface area contributed by atoms with Gasteiger partial charge < -0.3 is 16.0 Å². The van der Waals surface area contributed by atoms with E-state index in [2.05, 4.69) is 34.1 Å². The lowest BCUT2D eigenvalue weighted by Crippen LogP contribution is -2.23. The van der Waals surface area contributed by atoms with Gasteiger partial charge in [-0.05, 0) is 35.2 Å². The van der Waals surface area contributed by atoms with Crippen molar-refractivity contribution in [3.63, 3.8) is 0 Å². The highest BCUT2D eigenvalue weighted by molar-refractivity contribution is 5.85. The number of hydrogen-bond acceptors (Lipinski definition) is 5. The first-order valence-electron chi connectivity index (χ1n) is 8.68. The van der Waals surface area contributed by atoms with Crippen LogP contribution < -0.4 is 16.0 Å². The number of nitro benzene ring substituents is 1. The molecular weight excluding hydrogens is 368 g/mol. The molecule has 27 heavy (non-hydrogen) atoms. The molecule has 7 nitrogen and oxygen atoms in total. The summed E-state index contributed by atoms with van der Waals surface area (Å²) in [5, 5.41) is 20.0. The third-order valence-corrected chi connectivity index (χ3v) is 4.38. The maximum Gasteiger partial charge on any atom is 0.269 e. The molecule has 144 valence electrons. The summed E-state index contributed by atoms with van der Waals surface area (Å²) in [4.78, 5) is 22.1. The van der Waals surface area contributed by atoms with Crippen LogP contribution in [0.3, 0.4) is 0 Å². The van der Waals surface area contributed by atoms with E-state index in [1.165, 1.54) is 23.3 Å². The van der Waals surface area contributed by atoms with E-state index in [9.17, 15) is 14.9 Å². The highest BCUT2D eigenvalue weighted by Gasteiger charge is 2.10. The van der Waals surface area contributed by atoms with Crippen LogP contribution in [-0.2, 0) is 24.4 Å². The standard InChI is InChI=1S/C19H22N4O3.ClH/c24-19(22-11-14-3-4-15-12-20-13-16(15)10-14)2-1-9-21-17-5-7-18(8-6-17)23(25)26;/h3-8,10,20-21H,1-2,9,11-13H2,(H,22,24);1H. The number of hydrogen-bond donors (Lipinski definition) is 3. The zero-order chi connectivity index (χ0) is 18.4. The van der Waals surface area contributed by atoms with Crippen molar-refractivity contribution in [2.75, 3.05) is 11.9 Å². The Labute approximate surface area is 164 Å². The molecule has 2 aromatic carbocycles. The lowest BCUT2D eigenvalue weighted by atomic mass is 10.1. The van der Waals surface area contributed by atoms with E-state index in [1.54, 1.807) is 12.1 Å². The number of halogens is 1. The van der Waals surface area contributed by atoms with Crippen molar-refractivity contribution in [2.24, 2.45) is 0 Å². The largest absolute Gasteiger partial charge is 0.385 e. The van der Waals surface area contributed by atoms with Crippen molar-refractivity contribution in [3.05, 3.63) is 69.3 Å². The number of nitrogens with zero attached hydrogens (tertiary/aromatic N) is 1. The minimum Gasteiger partial charge on any atom is -0.385 e. The van der Waals surface area contributed by atoms with E-state index in [4.69, 9.17) is 0 Å². The van der Waals surface area contributed by atoms with Crippen molar-refractivity contribution in [1.29, 1.82) is 0 Å². The first-order valence-corrected chi connectivity index (χ1v) is 8.68. The predicted molar refractivity (Wildman–Crippen MR) is 107 cm³/mol. The summed E-state index contributed by atoms with van der Waals surface area (Å²) < 4.78 is 0. The molecule has 0 spiro atoms. The summed E-state index contributed by atoms with van der Waals surface area (Å²) in [7, 11) is 0. The molecule has 0 radical (unpaired) electrons. The topological polar surface area (TPSA) is 96.3 Å². The van der Waals surface area contributed by atoms with E-state index in [-0.39, 0.29) is 24.0 Å². The van der Waals surface area contributed by atoms with Crippen LogP contribution in [-0.4, -0.2) is 17.4 Å². The molecule has 0 unspecified atom stereocenters. The van der Waals surface area contributed by atoms with E-state index in [1.807, 2.05) is 0 Å². The number of carbonyl (C=O) groups is 1. The van der Waals surface area contributed by atoms with Gasteiger partial charge in [0.15, 0.2) is 0 Å². The second-order valence-electron chi connectivity index (χ2n) is 6.32. The maximum absolute atomic E-state index is 12.0. The molecule has 3 N–H and O–H groups in total. The zero-order valence-corrected chi connectivity index (χ0v) is 15.7. The fourth-order valence-corrected chi connectivity index (χ4v) is 2.93. The number of carbonyl (C=O) groups excluding carboxylic acids is 1. The smallest absolute Gasteiger partial charge is 0.269 e. The van der Waals surface area contributed by atoms with Gasteiger partial charge in [0.05, 0.1) is 4.92 Å². The molecule has 0 atom stereocenters. The summed E-state index contributed by atoms with van der Waals surface area (Å²) in [5.41, 5.74) is 4.63. The van der Waals surface area contributed by atoms with Crippen LogP contribution >= 0.6 is 12.4 Å². The van der Waals surface area contributed by atoms with Crippen LogP contribution in [0, 0.1) is 10.1 Å². The molecule has 1 amide bonds.